The fraction of sp³-hybridized carbons (Fsp3) is 0.760. The van der Waals surface area contributed by atoms with Crippen molar-refractivity contribution in [3.63, 3.8) is 0 Å². The summed E-state index contributed by atoms with van der Waals surface area (Å²) in [7, 11) is 1.46. The average Bonchev–Trinajstić information content (AvgIpc) is 3.50. The van der Waals surface area contributed by atoms with Gasteiger partial charge in [0.25, 0.3) is 0 Å². The number of phosphoric ester groups is 1. The summed E-state index contributed by atoms with van der Waals surface area (Å²) in [6.07, 6.45) is 87.3. The highest BCUT2D eigenvalue weighted by Gasteiger charge is 2.30. The molecule has 0 bridgehead atoms. The largest absolute Gasteiger partial charge is 0.472 e. The van der Waals surface area contributed by atoms with Gasteiger partial charge in [0.15, 0.2) is 0 Å². The first-order valence-electron chi connectivity index (χ1n) is 35.6. The van der Waals surface area contributed by atoms with Crippen LogP contribution in [0.15, 0.2) is 97.2 Å². The van der Waals surface area contributed by atoms with Crippen LogP contribution in [0.2, 0.25) is 0 Å². The molecule has 3 atom stereocenters. The molecular weight excluding hydrogens is 1070 g/mol. The fourth-order valence-corrected chi connectivity index (χ4v) is 10.8. The van der Waals surface area contributed by atoms with Crippen molar-refractivity contribution in [2.24, 2.45) is 0 Å². The molecule has 0 saturated heterocycles. The molecule has 85 heavy (non-hydrogen) atoms. The van der Waals surface area contributed by atoms with Gasteiger partial charge in [-0.05, 0) is 96.0 Å². The lowest BCUT2D eigenvalue weighted by molar-refractivity contribution is -0.870. The Morgan fingerprint density at radius 1 is 0.424 bits per heavy atom. The molecule has 3 unspecified atom stereocenters. The van der Waals surface area contributed by atoms with E-state index < -0.39 is 25.9 Å². The maximum Gasteiger partial charge on any atom is 0.472 e. The minimum atomic E-state index is -4.47. The average molecular weight is 1210 g/mol. The van der Waals surface area contributed by atoms with Crippen LogP contribution < -0.4 is 5.32 Å². The Balaban J connectivity index is 5.14. The number of esters is 1. The number of amides is 1. The van der Waals surface area contributed by atoms with Gasteiger partial charge in [-0.2, -0.15) is 0 Å². The van der Waals surface area contributed by atoms with Gasteiger partial charge in [0.1, 0.15) is 19.3 Å². The minimum absolute atomic E-state index is 0.0264. The molecule has 0 aliphatic carbocycles. The van der Waals surface area contributed by atoms with Crippen molar-refractivity contribution in [2.75, 3.05) is 40.9 Å². The normalized spacial score (nSPS) is 14.1. The minimum Gasteiger partial charge on any atom is -0.456 e. The number of hydrogen-bond acceptors (Lipinski definition) is 6. The van der Waals surface area contributed by atoms with Crippen LogP contribution in [0.4, 0.5) is 0 Å². The molecule has 0 fully saturated rings. The summed E-state index contributed by atoms with van der Waals surface area (Å²) in [5.74, 6) is -0.596. The van der Waals surface area contributed by atoms with E-state index in [2.05, 4.69) is 105 Å². The van der Waals surface area contributed by atoms with Gasteiger partial charge in [0.05, 0.1) is 33.8 Å². The number of nitrogens with zero attached hydrogens (tertiary/aromatic N) is 1. The van der Waals surface area contributed by atoms with Crippen LogP contribution in [-0.2, 0) is 27.9 Å². The molecule has 0 aliphatic rings. The second-order valence-electron chi connectivity index (χ2n) is 25.0. The second-order valence-corrected chi connectivity index (χ2v) is 26.5. The third-order valence-electron chi connectivity index (χ3n) is 15.5. The van der Waals surface area contributed by atoms with Gasteiger partial charge in [-0.3, -0.25) is 18.6 Å². The highest BCUT2D eigenvalue weighted by Crippen LogP contribution is 2.43. The Morgan fingerprint density at radius 3 is 1.15 bits per heavy atom. The molecule has 1 amide bonds. The van der Waals surface area contributed by atoms with Crippen molar-refractivity contribution in [3.05, 3.63) is 97.2 Å². The summed E-state index contributed by atoms with van der Waals surface area (Å²) < 4.78 is 30.7. The first-order valence-corrected chi connectivity index (χ1v) is 37.1. The Labute approximate surface area is 526 Å². The van der Waals surface area contributed by atoms with Crippen molar-refractivity contribution >= 4 is 19.7 Å². The van der Waals surface area contributed by atoms with E-state index in [-0.39, 0.29) is 25.5 Å². The zero-order chi connectivity index (χ0) is 62.1. The molecule has 0 rings (SSSR count). The molecule has 0 radical (unpaired) electrons. The maximum absolute atomic E-state index is 13.6. The van der Waals surface area contributed by atoms with Crippen molar-refractivity contribution in [1.82, 2.24) is 5.32 Å². The van der Waals surface area contributed by atoms with Crippen molar-refractivity contribution < 1.29 is 37.3 Å². The number of ether oxygens (including phenoxy) is 1. The lowest BCUT2D eigenvalue weighted by Gasteiger charge is -2.27. The van der Waals surface area contributed by atoms with Gasteiger partial charge in [0, 0.05) is 12.8 Å². The zero-order valence-corrected chi connectivity index (χ0v) is 57.2. The van der Waals surface area contributed by atoms with E-state index in [0.29, 0.717) is 23.9 Å². The van der Waals surface area contributed by atoms with Crippen LogP contribution in [-0.4, -0.2) is 74.3 Å². The number of allylic oxidation sites excluding steroid dienone is 15. The first kappa shape index (κ1) is 81.9. The van der Waals surface area contributed by atoms with Gasteiger partial charge < -0.3 is 19.4 Å². The summed E-state index contributed by atoms with van der Waals surface area (Å²) in [4.78, 5) is 37.9. The number of phosphoric acid groups is 1. The van der Waals surface area contributed by atoms with Gasteiger partial charge >= 0.3 is 13.8 Å². The van der Waals surface area contributed by atoms with E-state index in [4.69, 9.17) is 13.8 Å². The third-order valence-corrected chi connectivity index (χ3v) is 16.5. The number of carbonyl (C=O) groups is 2. The number of quaternary nitrogens is 1. The van der Waals surface area contributed by atoms with Gasteiger partial charge in [-0.1, -0.05) is 305 Å². The number of likely N-dealkylation sites (N-methyl/N-ethyl adjacent to an activating group) is 1. The molecule has 0 aromatic rings. The van der Waals surface area contributed by atoms with Crippen LogP contribution >= 0.6 is 7.82 Å². The maximum atomic E-state index is 13.6. The summed E-state index contributed by atoms with van der Waals surface area (Å²) in [6, 6.07) is -0.884. The smallest absolute Gasteiger partial charge is 0.456 e. The topological polar surface area (TPSA) is 111 Å². The molecule has 0 spiro atoms. The highest BCUT2D eigenvalue weighted by molar-refractivity contribution is 7.47. The Hall–Kier alpha value is -3.07. The van der Waals surface area contributed by atoms with Gasteiger partial charge in [0.2, 0.25) is 5.91 Å². The molecule has 0 heterocycles. The molecule has 492 valence electrons. The van der Waals surface area contributed by atoms with Crippen molar-refractivity contribution in [1.29, 1.82) is 0 Å². The van der Waals surface area contributed by atoms with Gasteiger partial charge in [-0.25, -0.2) is 4.57 Å². The molecule has 0 aliphatic heterocycles. The van der Waals surface area contributed by atoms with Gasteiger partial charge in [-0.15, -0.1) is 0 Å². The van der Waals surface area contributed by atoms with E-state index in [1.165, 1.54) is 199 Å². The second kappa shape index (κ2) is 63.9. The molecule has 2 N–H and O–H groups in total. The molecule has 0 aromatic carbocycles. The van der Waals surface area contributed by atoms with Crippen LogP contribution in [0.5, 0.6) is 0 Å². The number of nitrogens with one attached hydrogen (secondary N) is 1. The molecule has 10 heteroatoms. The molecule has 0 saturated carbocycles. The van der Waals surface area contributed by atoms with E-state index in [0.717, 1.165) is 77.0 Å². The molecule has 0 aromatic heterocycles. The number of unbranched alkanes of at least 4 members (excludes halogenated alkanes) is 34. The van der Waals surface area contributed by atoms with E-state index in [1.54, 1.807) is 0 Å². The summed E-state index contributed by atoms with van der Waals surface area (Å²) >= 11 is 0. The predicted octanol–water partition coefficient (Wildman–Crippen LogP) is 22.7. The monoisotopic (exact) mass is 1210 g/mol. The van der Waals surface area contributed by atoms with E-state index in [1.807, 2.05) is 39.4 Å². The number of hydrogen-bond donors (Lipinski definition) is 2. The highest BCUT2D eigenvalue weighted by atomic mass is 31.2. The Morgan fingerprint density at radius 2 is 0.765 bits per heavy atom. The molecular formula is C75H136N2O7P+. The van der Waals surface area contributed by atoms with Crippen molar-refractivity contribution in [2.45, 2.75) is 328 Å². The number of rotatable bonds is 64. The zero-order valence-electron chi connectivity index (χ0n) is 56.3. The van der Waals surface area contributed by atoms with E-state index in [9.17, 15) is 19.0 Å². The first-order chi connectivity index (χ1) is 41.4. The van der Waals surface area contributed by atoms with E-state index >= 15 is 0 Å². The quantitative estimate of drug-likeness (QED) is 0.0205. The Kier molecular flexibility index (Phi) is 61.6. The third kappa shape index (κ3) is 65.2. The Bertz CT molecular complexity index is 1780. The van der Waals surface area contributed by atoms with Crippen LogP contribution in [0.3, 0.4) is 0 Å². The fourth-order valence-electron chi connectivity index (χ4n) is 10.1. The lowest BCUT2D eigenvalue weighted by Crippen LogP contribution is -2.47. The van der Waals surface area contributed by atoms with Crippen LogP contribution in [0.1, 0.15) is 316 Å². The lowest BCUT2D eigenvalue weighted by atomic mass is 10.0. The number of carbonyl (C=O) groups excluding carboxylic acids is 2. The SMILES string of the molecule is CC/C=C\C/C=C\C/C=C\C/C=C\C/C=C\C/C=C\CCC(=O)OC(/C=C\CCCCCCCCCCCCC)C(COP(=O)(O)OCC[N+](C)(C)C)NC(=O)CCCCCCCCCCCCCCCCCCC/C=C/CCCCCCCC. The van der Waals surface area contributed by atoms with Crippen LogP contribution in [0.25, 0.3) is 0 Å². The summed E-state index contributed by atoms with van der Waals surface area (Å²) in [5.41, 5.74) is 0. The summed E-state index contributed by atoms with van der Waals surface area (Å²) in [5, 5.41) is 3.05. The molecule has 9 nitrogen and oxygen atoms in total. The van der Waals surface area contributed by atoms with Crippen molar-refractivity contribution in [3.8, 4) is 0 Å². The standard InChI is InChI=1S/C75H135N2O7P/c1-7-10-13-16-19-22-25-28-30-32-34-35-36-37-38-39-40-41-43-44-46-49-52-55-58-61-64-67-74(78)76-72(71-83-85(80,81)82-70-69-77(4,5)6)73(66-63-60-57-54-51-48-27-24-21-18-15-12-9-3)84-75(79)68-65-62-59-56-53-50-47-45-42-33-31-29-26-23-20-17-14-11-8-2/h11,14,20,23,28-31,42,45,50,53,59,62-63,66,72-73H,7-10,12-13,15-19,21-22,24-27,32-41,43-44,46-49,51-52,54-58,60-61,64-65,67-71H2,1-6H3,(H-,76,78,80,81)/p+1/b14-11-,23-20-,30-28+,31-29-,45-42-,53-50-,62-59-,66-63-. The summed E-state index contributed by atoms with van der Waals surface area (Å²) in [6.45, 7) is 6.87. The predicted molar refractivity (Wildman–Crippen MR) is 369 cm³/mol. The van der Waals surface area contributed by atoms with Crippen LogP contribution in [0, 0.1) is 0 Å².